The lowest BCUT2D eigenvalue weighted by atomic mass is 9.88. The molecule has 0 radical (unpaired) electrons. The van der Waals surface area contributed by atoms with Crippen LogP contribution in [0.25, 0.3) is 0 Å². The molecule has 3 rings (SSSR count). The highest BCUT2D eigenvalue weighted by molar-refractivity contribution is 7.17. The molecule has 9 heteroatoms. The molecular weight excluding hydrogens is 394 g/mol. The van der Waals surface area contributed by atoms with Gasteiger partial charge in [-0.2, -0.15) is 0 Å². The molecule has 8 nitrogen and oxygen atoms in total. The number of esters is 1. The Morgan fingerprint density at radius 2 is 1.93 bits per heavy atom. The predicted octanol–water partition coefficient (Wildman–Crippen LogP) is 2.37. The van der Waals surface area contributed by atoms with E-state index < -0.39 is 5.97 Å². The van der Waals surface area contributed by atoms with Gasteiger partial charge in [-0.3, -0.25) is 9.69 Å². The lowest BCUT2D eigenvalue weighted by molar-refractivity contribution is -0.117. The molecule has 1 aromatic rings. The van der Waals surface area contributed by atoms with E-state index in [1.165, 1.54) is 23.3 Å². The van der Waals surface area contributed by atoms with E-state index in [1.54, 1.807) is 11.8 Å². The van der Waals surface area contributed by atoms with Gasteiger partial charge in [0.2, 0.25) is 5.91 Å². The number of amides is 2. The van der Waals surface area contributed by atoms with Crippen LogP contribution < -0.4 is 5.32 Å². The summed E-state index contributed by atoms with van der Waals surface area (Å²) < 4.78 is 9.99. The Labute approximate surface area is 175 Å². The average Bonchev–Trinajstić information content (AvgIpc) is 3.04. The number of thiophene rings is 1. The van der Waals surface area contributed by atoms with E-state index in [0.29, 0.717) is 49.3 Å². The zero-order valence-corrected chi connectivity index (χ0v) is 18.1. The van der Waals surface area contributed by atoms with Crippen molar-refractivity contribution in [1.82, 2.24) is 9.80 Å². The van der Waals surface area contributed by atoms with Gasteiger partial charge < -0.3 is 19.7 Å². The van der Waals surface area contributed by atoms with Crippen molar-refractivity contribution in [2.24, 2.45) is 5.92 Å². The van der Waals surface area contributed by atoms with E-state index >= 15 is 0 Å². The van der Waals surface area contributed by atoms with E-state index in [4.69, 9.17) is 9.47 Å². The van der Waals surface area contributed by atoms with Gasteiger partial charge >= 0.3 is 12.1 Å². The number of nitrogens with one attached hydrogen (secondary N) is 1. The fraction of sp³-hybridized carbons (Fsp3) is 0.650. The third-order valence-electron chi connectivity index (χ3n) is 5.42. The Kier molecular flexibility index (Phi) is 7.13. The van der Waals surface area contributed by atoms with Crippen LogP contribution >= 0.6 is 11.3 Å². The Bertz CT molecular complexity index is 770. The maximum Gasteiger partial charge on any atom is 0.409 e. The van der Waals surface area contributed by atoms with Crippen molar-refractivity contribution >= 4 is 34.3 Å². The second-order valence-corrected chi connectivity index (χ2v) is 8.66. The molecule has 1 N–H and O–H groups in total. The number of nitrogens with zero attached hydrogens (tertiary/aromatic N) is 2. The molecule has 1 unspecified atom stereocenters. The van der Waals surface area contributed by atoms with Crippen LogP contribution in [0.2, 0.25) is 0 Å². The van der Waals surface area contributed by atoms with Crippen LogP contribution in [0.3, 0.4) is 0 Å². The molecule has 0 spiro atoms. The number of hydrogen-bond donors (Lipinski definition) is 1. The lowest BCUT2D eigenvalue weighted by Gasteiger charge is -2.33. The third kappa shape index (κ3) is 5.08. The number of carbonyl (C=O) groups excluding carboxylic acids is 3. The smallest absolute Gasteiger partial charge is 0.409 e. The summed E-state index contributed by atoms with van der Waals surface area (Å²) in [5.41, 5.74) is 1.54. The molecule has 2 amide bonds. The van der Waals surface area contributed by atoms with Crippen LogP contribution in [0, 0.1) is 5.92 Å². The van der Waals surface area contributed by atoms with Crippen LogP contribution in [-0.2, 0) is 27.1 Å². The van der Waals surface area contributed by atoms with E-state index in [2.05, 4.69) is 12.2 Å². The number of anilines is 1. The first-order chi connectivity index (χ1) is 13.9. The van der Waals surface area contributed by atoms with E-state index in [1.807, 2.05) is 4.90 Å². The minimum atomic E-state index is -0.393. The molecule has 0 bridgehead atoms. The van der Waals surface area contributed by atoms with Gasteiger partial charge in [0.25, 0.3) is 0 Å². The quantitative estimate of drug-likeness (QED) is 0.732. The molecule has 1 atom stereocenters. The van der Waals surface area contributed by atoms with Crippen molar-refractivity contribution in [2.45, 2.75) is 33.1 Å². The van der Waals surface area contributed by atoms with Gasteiger partial charge in [0.1, 0.15) is 5.00 Å². The number of ether oxygens (including phenoxy) is 2. The molecule has 1 aliphatic carbocycles. The molecule has 0 aromatic carbocycles. The number of carbonyl (C=O) groups is 3. The summed E-state index contributed by atoms with van der Waals surface area (Å²) in [5.74, 6) is 0.0210. The van der Waals surface area contributed by atoms with Crippen molar-refractivity contribution in [3.05, 3.63) is 16.0 Å². The number of methoxy groups -OCH3 is 1. The van der Waals surface area contributed by atoms with Gasteiger partial charge in [-0.25, -0.2) is 9.59 Å². The first-order valence-corrected chi connectivity index (χ1v) is 10.9. The summed E-state index contributed by atoms with van der Waals surface area (Å²) in [6.07, 6.45) is 2.49. The molecule has 1 fully saturated rings. The van der Waals surface area contributed by atoms with Gasteiger partial charge in [0.05, 0.1) is 25.8 Å². The highest BCUT2D eigenvalue weighted by atomic mass is 32.1. The third-order valence-corrected chi connectivity index (χ3v) is 6.59. The standard InChI is InChI=1S/C20H29N3O5S/c1-4-28-20(26)23-9-7-22(8-10-23)12-16(24)21-18-17(19(25)27-3)14-6-5-13(2)11-15(14)29-18/h13H,4-12H2,1-3H3,(H,21,24). The molecule has 0 saturated carbocycles. The largest absolute Gasteiger partial charge is 0.465 e. The van der Waals surface area contributed by atoms with Crippen LogP contribution in [0.15, 0.2) is 0 Å². The van der Waals surface area contributed by atoms with Crippen molar-refractivity contribution in [1.29, 1.82) is 0 Å². The summed E-state index contributed by atoms with van der Waals surface area (Å²) in [5, 5.41) is 3.52. The predicted molar refractivity (Wildman–Crippen MR) is 111 cm³/mol. The topological polar surface area (TPSA) is 88.2 Å². The number of hydrogen-bond acceptors (Lipinski definition) is 7. The lowest BCUT2D eigenvalue weighted by Crippen LogP contribution is -2.50. The molecule has 2 aliphatic rings. The fourth-order valence-corrected chi connectivity index (χ4v) is 5.24. The maximum absolute atomic E-state index is 12.6. The van der Waals surface area contributed by atoms with E-state index in [9.17, 15) is 14.4 Å². The van der Waals surface area contributed by atoms with Gasteiger partial charge in [-0.15, -0.1) is 11.3 Å². The maximum atomic E-state index is 12.6. The van der Waals surface area contributed by atoms with Crippen LogP contribution in [0.5, 0.6) is 0 Å². The fourth-order valence-electron chi connectivity index (χ4n) is 3.83. The number of piperazine rings is 1. The van der Waals surface area contributed by atoms with E-state index in [0.717, 1.165) is 24.8 Å². The van der Waals surface area contributed by atoms with E-state index in [-0.39, 0.29) is 18.5 Å². The molecule has 1 saturated heterocycles. The summed E-state index contributed by atoms with van der Waals surface area (Å²) >= 11 is 1.49. The normalized spacial score (nSPS) is 19.4. The second kappa shape index (κ2) is 9.58. The average molecular weight is 424 g/mol. The van der Waals surface area contributed by atoms with Crippen LogP contribution in [0.1, 0.15) is 41.1 Å². The highest BCUT2D eigenvalue weighted by Gasteiger charge is 2.29. The SMILES string of the molecule is CCOC(=O)N1CCN(CC(=O)Nc2sc3c(c2C(=O)OC)CCC(C)C3)CC1. The molecule has 2 heterocycles. The molecule has 1 aromatic heterocycles. The minimum Gasteiger partial charge on any atom is -0.465 e. The van der Waals surface area contributed by atoms with Gasteiger partial charge in [-0.1, -0.05) is 6.92 Å². The van der Waals surface area contributed by atoms with Gasteiger partial charge in [0.15, 0.2) is 0 Å². The van der Waals surface area contributed by atoms with Crippen LogP contribution in [-0.4, -0.2) is 74.2 Å². The monoisotopic (exact) mass is 423 g/mol. The summed E-state index contributed by atoms with van der Waals surface area (Å²) in [6.45, 7) is 6.83. The first-order valence-electron chi connectivity index (χ1n) is 10.1. The van der Waals surface area contributed by atoms with Crippen LogP contribution in [0.4, 0.5) is 9.80 Å². The van der Waals surface area contributed by atoms with Crippen molar-refractivity contribution in [3.8, 4) is 0 Å². The van der Waals surface area contributed by atoms with Crippen molar-refractivity contribution in [2.75, 3.05) is 51.8 Å². The van der Waals surface area contributed by atoms with Gasteiger partial charge in [-0.05, 0) is 37.7 Å². The zero-order chi connectivity index (χ0) is 21.0. The molecular formula is C20H29N3O5S. The number of fused-ring (bicyclic) bond motifs is 1. The Morgan fingerprint density at radius 1 is 1.21 bits per heavy atom. The number of rotatable bonds is 5. The summed E-state index contributed by atoms with van der Waals surface area (Å²) in [6, 6.07) is 0. The first kappa shape index (κ1) is 21.6. The Balaban J connectivity index is 1.61. The van der Waals surface area contributed by atoms with Crippen molar-refractivity contribution in [3.63, 3.8) is 0 Å². The zero-order valence-electron chi connectivity index (χ0n) is 17.3. The summed E-state index contributed by atoms with van der Waals surface area (Å²) in [4.78, 5) is 41.6. The molecule has 160 valence electrons. The molecule has 1 aliphatic heterocycles. The highest BCUT2D eigenvalue weighted by Crippen LogP contribution is 2.40. The second-order valence-electron chi connectivity index (χ2n) is 7.56. The van der Waals surface area contributed by atoms with Crippen molar-refractivity contribution < 1.29 is 23.9 Å². The minimum absolute atomic E-state index is 0.161. The summed E-state index contributed by atoms with van der Waals surface area (Å²) in [7, 11) is 1.37. The van der Waals surface area contributed by atoms with Gasteiger partial charge in [0, 0.05) is 31.1 Å². The Morgan fingerprint density at radius 3 is 2.59 bits per heavy atom. The Hall–Kier alpha value is -2.13. The molecule has 29 heavy (non-hydrogen) atoms.